The molecule has 1 rings (SSSR count). The molecule has 0 bridgehead atoms. The summed E-state index contributed by atoms with van der Waals surface area (Å²) in [6, 6.07) is 0.510. The lowest BCUT2D eigenvalue weighted by Crippen LogP contribution is -2.54. The maximum absolute atomic E-state index is 11.6. The van der Waals surface area contributed by atoms with Gasteiger partial charge in [-0.25, -0.2) is 4.79 Å². The van der Waals surface area contributed by atoms with Crippen LogP contribution in [0.2, 0.25) is 0 Å². The summed E-state index contributed by atoms with van der Waals surface area (Å²) < 4.78 is 5.06. The summed E-state index contributed by atoms with van der Waals surface area (Å²) in [6.45, 7) is 11.1. The van der Waals surface area contributed by atoms with Crippen LogP contribution in [0.25, 0.3) is 0 Å². The van der Waals surface area contributed by atoms with Crippen LogP contribution < -0.4 is 0 Å². The summed E-state index contributed by atoms with van der Waals surface area (Å²) in [7, 11) is 0. The average molecular weight is 199 g/mol. The van der Waals surface area contributed by atoms with Crippen molar-refractivity contribution in [3.63, 3.8) is 0 Å². The van der Waals surface area contributed by atoms with E-state index < -0.39 is 0 Å². The van der Waals surface area contributed by atoms with Gasteiger partial charge in [-0.3, -0.25) is 0 Å². The van der Waals surface area contributed by atoms with Gasteiger partial charge in [0.25, 0.3) is 0 Å². The molecule has 0 saturated carbocycles. The van der Waals surface area contributed by atoms with Crippen LogP contribution in [-0.4, -0.2) is 29.7 Å². The molecule has 82 valence electrons. The molecule has 1 amide bonds. The highest BCUT2D eigenvalue weighted by Gasteiger charge is 2.38. The zero-order valence-electron chi connectivity index (χ0n) is 9.83. The van der Waals surface area contributed by atoms with Gasteiger partial charge in [0.2, 0.25) is 0 Å². The first-order chi connectivity index (χ1) is 6.34. The van der Waals surface area contributed by atoms with E-state index in [9.17, 15) is 4.79 Å². The second-order valence-electron chi connectivity index (χ2n) is 5.29. The van der Waals surface area contributed by atoms with Crippen LogP contribution in [0.4, 0.5) is 4.79 Å². The van der Waals surface area contributed by atoms with Crippen LogP contribution in [0.3, 0.4) is 0 Å². The topological polar surface area (TPSA) is 29.5 Å². The minimum Gasteiger partial charge on any atom is -0.449 e. The second kappa shape index (κ2) is 3.79. The summed E-state index contributed by atoms with van der Waals surface area (Å²) in [4.78, 5) is 13.5. The van der Waals surface area contributed by atoms with E-state index in [2.05, 4.69) is 20.8 Å². The molecule has 0 radical (unpaired) electrons. The highest BCUT2D eigenvalue weighted by Crippen LogP contribution is 2.31. The van der Waals surface area contributed by atoms with Gasteiger partial charge >= 0.3 is 6.09 Å². The maximum atomic E-state index is 11.6. The first kappa shape index (κ1) is 11.3. The average Bonchev–Trinajstić information content (AvgIpc) is 2.01. The highest BCUT2D eigenvalue weighted by atomic mass is 16.6. The van der Waals surface area contributed by atoms with E-state index in [1.807, 2.05) is 18.7 Å². The van der Waals surface area contributed by atoms with Crippen molar-refractivity contribution >= 4 is 6.09 Å². The molecule has 1 atom stereocenters. The fourth-order valence-corrected chi connectivity index (χ4v) is 2.02. The van der Waals surface area contributed by atoms with Crippen molar-refractivity contribution < 1.29 is 9.53 Å². The molecule has 1 heterocycles. The van der Waals surface area contributed by atoms with E-state index in [1.54, 1.807) is 0 Å². The summed E-state index contributed by atoms with van der Waals surface area (Å²) in [5.41, 5.74) is 0.129. The molecule has 3 nitrogen and oxygen atoms in total. The second-order valence-corrected chi connectivity index (χ2v) is 5.29. The van der Waals surface area contributed by atoms with Crippen molar-refractivity contribution in [3.8, 4) is 0 Å². The Morgan fingerprint density at radius 2 is 2.00 bits per heavy atom. The molecular weight excluding hydrogens is 178 g/mol. The number of hydrogen-bond donors (Lipinski definition) is 0. The summed E-state index contributed by atoms with van der Waals surface area (Å²) in [6.07, 6.45) is 0.777. The smallest absolute Gasteiger partial charge is 0.410 e. The van der Waals surface area contributed by atoms with Crippen molar-refractivity contribution in [1.82, 2.24) is 4.90 Å². The molecule has 0 aromatic rings. The molecule has 0 aliphatic carbocycles. The number of carbonyl (C=O) groups is 1. The molecule has 1 fully saturated rings. The van der Waals surface area contributed by atoms with Crippen LogP contribution in [0.5, 0.6) is 0 Å². The van der Waals surface area contributed by atoms with E-state index >= 15 is 0 Å². The Hall–Kier alpha value is -0.730. The van der Waals surface area contributed by atoms with Crippen molar-refractivity contribution in [1.29, 1.82) is 0 Å². The predicted molar refractivity (Wildman–Crippen MR) is 56.2 cm³/mol. The Morgan fingerprint density at radius 3 is 2.36 bits per heavy atom. The van der Waals surface area contributed by atoms with Crippen LogP contribution >= 0.6 is 0 Å². The minimum atomic E-state index is -0.161. The van der Waals surface area contributed by atoms with E-state index in [0.717, 1.165) is 6.42 Å². The normalized spacial score (nSPS) is 24.0. The van der Waals surface area contributed by atoms with Crippen LogP contribution in [0, 0.1) is 5.41 Å². The van der Waals surface area contributed by atoms with Gasteiger partial charge in [-0.15, -0.1) is 0 Å². The minimum absolute atomic E-state index is 0.129. The van der Waals surface area contributed by atoms with E-state index in [4.69, 9.17) is 4.74 Å². The van der Waals surface area contributed by atoms with Crippen molar-refractivity contribution in [2.24, 2.45) is 5.41 Å². The van der Waals surface area contributed by atoms with Crippen LogP contribution in [0.15, 0.2) is 0 Å². The van der Waals surface area contributed by atoms with Gasteiger partial charge in [0.05, 0.1) is 6.61 Å². The summed E-state index contributed by atoms with van der Waals surface area (Å²) >= 11 is 0. The molecule has 1 saturated heterocycles. The molecule has 0 spiro atoms. The van der Waals surface area contributed by atoms with Crippen molar-refractivity contribution in [2.45, 2.75) is 53.1 Å². The predicted octanol–water partition coefficient (Wildman–Crippen LogP) is 2.65. The molecule has 0 aromatic carbocycles. The van der Waals surface area contributed by atoms with Gasteiger partial charge < -0.3 is 9.64 Å². The number of nitrogens with zero attached hydrogens (tertiary/aromatic N) is 1. The molecular formula is C11H21NO2. The SMILES string of the molecule is CC(C)N1C(=O)OCCC1C(C)(C)C. The molecule has 14 heavy (non-hydrogen) atoms. The van der Waals surface area contributed by atoms with Crippen molar-refractivity contribution in [2.75, 3.05) is 6.61 Å². The van der Waals surface area contributed by atoms with Gasteiger partial charge in [-0.2, -0.15) is 0 Å². The monoisotopic (exact) mass is 199 g/mol. The van der Waals surface area contributed by atoms with Gasteiger partial charge in [0, 0.05) is 18.5 Å². The number of rotatable bonds is 1. The zero-order valence-corrected chi connectivity index (χ0v) is 9.83. The Labute approximate surface area is 86.4 Å². The molecule has 0 aromatic heterocycles. The lowest BCUT2D eigenvalue weighted by Gasteiger charge is -2.44. The fourth-order valence-electron chi connectivity index (χ4n) is 2.02. The Kier molecular flexibility index (Phi) is 3.07. The van der Waals surface area contributed by atoms with E-state index in [1.165, 1.54) is 0 Å². The lowest BCUT2D eigenvalue weighted by atomic mass is 9.83. The molecule has 1 aliphatic rings. The Balaban J connectivity index is 2.86. The van der Waals surface area contributed by atoms with Gasteiger partial charge in [0.15, 0.2) is 0 Å². The summed E-state index contributed by atoms with van der Waals surface area (Å²) in [5.74, 6) is 0. The number of amides is 1. The van der Waals surface area contributed by atoms with Crippen LogP contribution in [-0.2, 0) is 4.74 Å². The number of carbonyl (C=O) groups excluding carboxylic acids is 1. The fraction of sp³-hybridized carbons (Fsp3) is 0.909. The molecule has 1 unspecified atom stereocenters. The number of ether oxygens (including phenoxy) is 1. The van der Waals surface area contributed by atoms with Crippen LogP contribution in [0.1, 0.15) is 41.0 Å². The lowest BCUT2D eigenvalue weighted by molar-refractivity contribution is -0.00503. The first-order valence-electron chi connectivity index (χ1n) is 5.29. The third kappa shape index (κ3) is 2.20. The van der Waals surface area contributed by atoms with Gasteiger partial charge in [0.1, 0.15) is 0 Å². The first-order valence-corrected chi connectivity index (χ1v) is 5.29. The standard InChI is InChI=1S/C11H21NO2/c1-8(2)12-9(11(3,4)5)6-7-14-10(12)13/h8-9H,6-7H2,1-5H3. The third-order valence-corrected chi connectivity index (χ3v) is 2.72. The van der Waals surface area contributed by atoms with E-state index in [-0.39, 0.29) is 17.6 Å². The Bertz CT molecular complexity index is 218. The molecule has 0 N–H and O–H groups in total. The number of hydrogen-bond acceptors (Lipinski definition) is 2. The highest BCUT2D eigenvalue weighted by molar-refractivity contribution is 5.69. The quantitative estimate of drug-likeness (QED) is 0.649. The maximum Gasteiger partial charge on any atom is 0.410 e. The summed E-state index contributed by atoms with van der Waals surface area (Å²) in [5, 5.41) is 0. The van der Waals surface area contributed by atoms with E-state index in [0.29, 0.717) is 12.6 Å². The molecule has 1 aliphatic heterocycles. The Morgan fingerprint density at radius 1 is 1.43 bits per heavy atom. The zero-order chi connectivity index (χ0) is 10.9. The van der Waals surface area contributed by atoms with Crippen molar-refractivity contribution in [3.05, 3.63) is 0 Å². The van der Waals surface area contributed by atoms with Gasteiger partial charge in [-0.05, 0) is 19.3 Å². The third-order valence-electron chi connectivity index (χ3n) is 2.72. The van der Waals surface area contributed by atoms with Gasteiger partial charge in [-0.1, -0.05) is 20.8 Å². The molecule has 3 heteroatoms. The largest absolute Gasteiger partial charge is 0.449 e. The number of cyclic esters (lactones) is 1.